The highest BCUT2D eigenvalue weighted by Gasteiger charge is 2.28. The second-order valence-corrected chi connectivity index (χ2v) is 11.1. The molecule has 5 rings (SSSR count). The summed E-state index contributed by atoms with van der Waals surface area (Å²) >= 11 is 0. The number of sulfonamides is 1. The minimum absolute atomic E-state index is 0.175. The van der Waals surface area contributed by atoms with Crippen LogP contribution in [-0.4, -0.2) is 57.7 Å². The Bertz CT molecular complexity index is 1250. The minimum atomic E-state index is -3.23. The first-order valence-electron chi connectivity index (χ1n) is 12.0. The van der Waals surface area contributed by atoms with Crippen molar-refractivity contribution in [2.45, 2.75) is 13.0 Å². The molecule has 0 radical (unpaired) electrons. The molecule has 2 aliphatic heterocycles. The van der Waals surface area contributed by atoms with E-state index in [1.54, 1.807) is 24.3 Å². The third kappa shape index (κ3) is 5.49. The van der Waals surface area contributed by atoms with E-state index in [-0.39, 0.29) is 11.7 Å². The van der Waals surface area contributed by atoms with Crippen LogP contribution in [0.4, 0.5) is 17.1 Å². The van der Waals surface area contributed by atoms with Gasteiger partial charge in [0.1, 0.15) is 0 Å². The molecule has 182 valence electrons. The van der Waals surface area contributed by atoms with Crippen LogP contribution in [0.5, 0.6) is 0 Å². The second-order valence-electron chi connectivity index (χ2n) is 9.04. The second kappa shape index (κ2) is 10.1. The number of rotatable bonds is 6. The molecule has 7 nitrogen and oxygen atoms in total. The maximum Gasteiger partial charge on any atom is 0.255 e. The molecule has 1 amide bonds. The lowest BCUT2D eigenvalue weighted by atomic mass is 10.1. The number of carbonyl (C=O) groups is 1. The topological polar surface area (TPSA) is 73.0 Å². The van der Waals surface area contributed by atoms with Gasteiger partial charge in [-0.2, -0.15) is 0 Å². The van der Waals surface area contributed by atoms with Crippen molar-refractivity contribution >= 4 is 33.0 Å². The fraction of sp³-hybridized carbons (Fsp3) is 0.296. The molecular formula is C27H30N4O3S. The van der Waals surface area contributed by atoms with Gasteiger partial charge >= 0.3 is 0 Å². The van der Waals surface area contributed by atoms with Crippen LogP contribution in [0.3, 0.4) is 0 Å². The summed E-state index contributed by atoms with van der Waals surface area (Å²) in [5.41, 5.74) is 4.32. The van der Waals surface area contributed by atoms with Crippen molar-refractivity contribution in [3.8, 4) is 0 Å². The molecule has 3 aromatic rings. The molecule has 2 fully saturated rings. The number of benzene rings is 3. The van der Waals surface area contributed by atoms with E-state index in [0.29, 0.717) is 24.2 Å². The fourth-order valence-electron chi connectivity index (χ4n) is 4.67. The third-order valence-electron chi connectivity index (χ3n) is 6.63. The molecule has 0 aliphatic carbocycles. The Morgan fingerprint density at radius 1 is 0.771 bits per heavy atom. The first kappa shape index (κ1) is 23.4. The van der Waals surface area contributed by atoms with Crippen molar-refractivity contribution in [1.29, 1.82) is 0 Å². The maximum atomic E-state index is 12.7. The van der Waals surface area contributed by atoms with Crippen molar-refractivity contribution in [2.24, 2.45) is 0 Å². The Balaban J connectivity index is 1.14. The van der Waals surface area contributed by atoms with E-state index < -0.39 is 10.0 Å². The lowest BCUT2D eigenvalue weighted by molar-refractivity contribution is 0.102. The van der Waals surface area contributed by atoms with E-state index in [1.807, 2.05) is 30.3 Å². The predicted octanol–water partition coefficient (Wildman–Crippen LogP) is 3.80. The Kier molecular flexibility index (Phi) is 6.74. The quantitative estimate of drug-likeness (QED) is 0.569. The van der Waals surface area contributed by atoms with Crippen molar-refractivity contribution in [1.82, 2.24) is 4.90 Å². The van der Waals surface area contributed by atoms with Crippen molar-refractivity contribution < 1.29 is 13.2 Å². The van der Waals surface area contributed by atoms with Gasteiger partial charge in [0.05, 0.1) is 11.4 Å². The molecule has 2 saturated heterocycles. The molecule has 3 aromatic carbocycles. The average Bonchev–Trinajstić information content (AvgIpc) is 3.24. The molecular weight excluding hydrogens is 460 g/mol. The largest absolute Gasteiger partial charge is 0.369 e. The summed E-state index contributed by atoms with van der Waals surface area (Å²) in [4.78, 5) is 17.5. The summed E-state index contributed by atoms with van der Waals surface area (Å²) in [7, 11) is -3.23. The Morgan fingerprint density at radius 3 is 2.06 bits per heavy atom. The van der Waals surface area contributed by atoms with Crippen LogP contribution in [-0.2, 0) is 16.6 Å². The monoisotopic (exact) mass is 490 g/mol. The van der Waals surface area contributed by atoms with Gasteiger partial charge in [0.15, 0.2) is 0 Å². The molecule has 0 saturated carbocycles. The van der Waals surface area contributed by atoms with Gasteiger partial charge in [-0.1, -0.05) is 30.3 Å². The molecule has 0 atom stereocenters. The number of piperazine rings is 1. The van der Waals surface area contributed by atoms with Crippen LogP contribution in [0, 0.1) is 0 Å². The first-order chi connectivity index (χ1) is 17.0. The van der Waals surface area contributed by atoms with Crippen LogP contribution in [0.1, 0.15) is 22.3 Å². The molecule has 2 heterocycles. The lowest BCUT2D eigenvalue weighted by Crippen LogP contribution is -2.45. The number of nitrogens with zero attached hydrogens (tertiary/aromatic N) is 3. The summed E-state index contributed by atoms with van der Waals surface area (Å²) in [6, 6.07) is 25.2. The Labute approximate surface area is 207 Å². The van der Waals surface area contributed by atoms with Crippen molar-refractivity contribution in [3.05, 3.63) is 90.0 Å². The van der Waals surface area contributed by atoms with Gasteiger partial charge in [-0.25, -0.2) is 8.42 Å². The molecule has 8 heteroatoms. The normalized spacial score (nSPS) is 17.9. The molecule has 0 spiro atoms. The summed E-state index contributed by atoms with van der Waals surface area (Å²) in [6.07, 6.45) is 0.629. The standard InChI is InChI=1S/C27H30N4O3S/c32-27(23-7-11-26(12-8-23)31-15-4-20-35(31,33)34)28-24-9-13-25(14-10-24)30-18-16-29(17-19-30)21-22-5-2-1-3-6-22/h1-3,5-14H,4,15-21H2,(H,28,32). The van der Waals surface area contributed by atoms with Crippen LogP contribution >= 0.6 is 0 Å². The highest BCUT2D eigenvalue weighted by Crippen LogP contribution is 2.25. The van der Waals surface area contributed by atoms with E-state index >= 15 is 0 Å². The van der Waals surface area contributed by atoms with Gasteiger partial charge in [-0.15, -0.1) is 0 Å². The van der Waals surface area contributed by atoms with Crippen LogP contribution in [0.2, 0.25) is 0 Å². The van der Waals surface area contributed by atoms with E-state index in [2.05, 4.69) is 39.4 Å². The third-order valence-corrected chi connectivity index (χ3v) is 8.50. The highest BCUT2D eigenvalue weighted by atomic mass is 32.2. The zero-order valence-electron chi connectivity index (χ0n) is 19.6. The van der Waals surface area contributed by atoms with E-state index in [9.17, 15) is 13.2 Å². The van der Waals surface area contributed by atoms with E-state index in [1.165, 1.54) is 9.87 Å². The highest BCUT2D eigenvalue weighted by molar-refractivity contribution is 7.93. The average molecular weight is 491 g/mol. The fourth-order valence-corrected chi connectivity index (χ4v) is 6.24. The van der Waals surface area contributed by atoms with Gasteiger partial charge in [0.2, 0.25) is 10.0 Å². The SMILES string of the molecule is O=C(Nc1ccc(N2CCN(Cc3ccccc3)CC2)cc1)c1ccc(N2CCCS2(=O)=O)cc1. The molecule has 2 aliphatic rings. The summed E-state index contributed by atoms with van der Waals surface area (Å²) < 4.78 is 25.6. The van der Waals surface area contributed by atoms with E-state index in [4.69, 9.17) is 0 Å². The van der Waals surface area contributed by atoms with Crippen LogP contribution in [0.25, 0.3) is 0 Å². The van der Waals surface area contributed by atoms with Gasteiger partial charge in [0, 0.05) is 56.2 Å². The first-order valence-corrected chi connectivity index (χ1v) is 13.6. The molecule has 0 aromatic heterocycles. The number of hydrogen-bond acceptors (Lipinski definition) is 5. The molecule has 35 heavy (non-hydrogen) atoms. The molecule has 0 bridgehead atoms. The van der Waals surface area contributed by atoms with Gasteiger partial charge in [0.25, 0.3) is 5.91 Å². The van der Waals surface area contributed by atoms with Gasteiger partial charge < -0.3 is 10.2 Å². The Morgan fingerprint density at radius 2 is 1.43 bits per heavy atom. The summed E-state index contributed by atoms with van der Waals surface area (Å²) in [6.45, 7) is 5.44. The summed E-state index contributed by atoms with van der Waals surface area (Å²) in [5.74, 6) is -0.0441. The minimum Gasteiger partial charge on any atom is -0.369 e. The lowest BCUT2D eigenvalue weighted by Gasteiger charge is -2.36. The predicted molar refractivity (Wildman–Crippen MR) is 141 cm³/mol. The van der Waals surface area contributed by atoms with Crippen molar-refractivity contribution in [2.75, 3.05) is 53.0 Å². The maximum absolute atomic E-state index is 12.7. The van der Waals surface area contributed by atoms with Crippen LogP contribution < -0.4 is 14.5 Å². The summed E-state index contributed by atoms with van der Waals surface area (Å²) in [5, 5.41) is 2.93. The molecule has 0 unspecified atom stereocenters. The number of amides is 1. The van der Waals surface area contributed by atoms with Gasteiger partial charge in [-0.3, -0.25) is 14.0 Å². The number of hydrogen-bond donors (Lipinski definition) is 1. The number of anilines is 3. The smallest absolute Gasteiger partial charge is 0.255 e. The Hall–Kier alpha value is -3.36. The molecule has 1 N–H and O–H groups in total. The number of carbonyl (C=O) groups excluding carboxylic acids is 1. The van der Waals surface area contributed by atoms with E-state index in [0.717, 1.165) is 44.1 Å². The van der Waals surface area contributed by atoms with Crippen LogP contribution in [0.15, 0.2) is 78.9 Å². The number of nitrogens with one attached hydrogen (secondary N) is 1. The van der Waals surface area contributed by atoms with Gasteiger partial charge in [-0.05, 0) is 60.5 Å². The zero-order chi connectivity index (χ0) is 24.3. The zero-order valence-corrected chi connectivity index (χ0v) is 20.5. The van der Waals surface area contributed by atoms with Crippen molar-refractivity contribution in [3.63, 3.8) is 0 Å².